The zero-order valence-electron chi connectivity index (χ0n) is 12.2. The van der Waals surface area contributed by atoms with Crippen LogP contribution in [0.5, 0.6) is 11.5 Å². The Morgan fingerprint density at radius 2 is 1.70 bits per heavy atom. The van der Waals surface area contributed by atoms with Crippen molar-refractivity contribution >= 4 is 5.91 Å². The van der Waals surface area contributed by atoms with Gasteiger partial charge in [-0.2, -0.15) is 0 Å². The summed E-state index contributed by atoms with van der Waals surface area (Å²) in [5.41, 5.74) is 6.05. The van der Waals surface area contributed by atoms with Gasteiger partial charge in [-0.3, -0.25) is 4.79 Å². The van der Waals surface area contributed by atoms with Gasteiger partial charge in [0.15, 0.2) is 0 Å². The van der Waals surface area contributed by atoms with Crippen molar-refractivity contribution < 1.29 is 19.0 Å². The Bertz CT molecular complexity index is 415. The topological polar surface area (TPSA) is 74.0 Å². The van der Waals surface area contributed by atoms with E-state index in [0.717, 1.165) is 0 Å². The molecule has 1 aromatic rings. The Balaban J connectivity index is 2.97. The van der Waals surface area contributed by atoms with Gasteiger partial charge in [0.05, 0.1) is 20.8 Å². The molecule has 0 saturated heterocycles. The molecule has 0 heterocycles. The van der Waals surface area contributed by atoms with Crippen molar-refractivity contribution in [1.29, 1.82) is 0 Å². The Hall–Kier alpha value is -1.79. The summed E-state index contributed by atoms with van der Waals surface area (Å²) in [4.78, 5) is 14.1. The molecule has 0 spiro atoms. The number of rotatable bonds is 8. The predicted molar refractivity (Wildman–Crippen MR) is 76.4 cm³/mol. The molecule has 112 valence electrons. The molecule has 0 aliphatic carbocycles. The molecule has 0 atom stereocenters. The monoisotopic (exact) mass is 282 g/mol. The van der Waals surface area contributed by atoms with Crippen LogP contribution in [-0.4, -0.2) is 58.4 Å². The largest absolute Gasteiger partial charge is 0.497 e. The van der Waals surface area contributed by atoms with Crippen LogP contribution in [0, 0.1) is 0 Å². The Labute approximate surface area is 119 Å². The molecule has 0 fully saturated rings. The van der Waals surface area contributed by atoms with Gasteiger partial charge in [0, 0.05) is 38.4 Å². The lowest BCUT2D eigenvalue weighted by molar-refractivity contribution is 0.0701. The maximum Gasteiger partial charge on any atom is 0.254 e. The van der Waals surface area contributed by atoms with E-state index in [1.165, 1.54) is 0 Å². The first kappa shape index (κ1) is 16.3. The van der Waals surface area contributed by atoms with Gasteiger partial charge in [-0.1, -0.05) is 0 Å². The number of hydrogen-bond acceptors (Lipinski definition) is 5. The maximum absolute atomic E-state index is 12.5. The van der Waals surface area contributed by atoms with E-state index in [4.69, 9.17) is 19.9 Å². The second-order valence-electron chi connectivity index (χ2n) is 4.18. The molecule has 0 radical (unpaired) electrons. The summed E-state index contributed by atoms with van der Waals surface area (Å²) in [5.74, 6) is 1.03. The molecular weight excluding hydrogens is 260 g/mol. The van der Waals surface area contributed by atoms with E-state index in [-0.39, 0.29) is 5.91 Å². The van der Waals surface area contributed by atoms with Crippen molar-refractivity contribution in [2.45, 2.75) is 0 Å². The second-order valence-corrected chi connectivity index (χ2v) is 4.18. The van der Waals surface area contributed by atoms with Gasteiger partial charge in [0.25, 0.3) is 5.91 Å². The van der Waals surface area contributed by atoms with Crippen LogP contribution in [0.3, 0.4) is 0 Å². The summed E-state index contributed by atoms with van der Waals surface area (Å²) in [6.07, 6.45) is 0. The smallest absolute Gasteiger partial charge is 0.254 e. The van der Waals surface area contributed by atoms with Gasteiger partial charge >= 0.3 is 0 Å². The fourth-order valence-electron chi connectivity index (χ4n) is 1.79. The highest BCUT2D eigenvalue weighted by molar-refractivity contribution is 5.95. The first-order valence-corrected chi connectivity index (χ1v) is 6.37. The van der Waals surface area contributed by atoms with Crippen LogP contribution >= 0.6 is 0 Å². The minimum Gasteiger partial charge on any atom is -0.497 e. The SMILES string of the molecule is COCCN(CCN)C(=O)c1cc(OC)cc(OC)c1. The molecule has 1 rings (SSSR count). The average molecular weight is 282 g/mol. The Kier molecular flexibility index (Phi) is 6.83. The van der Waals surface area contributed by atoms with Gasteiger partial charge in [-0.05, 0) is 12.1 Å². The van der Waals surface area contributed by atoms with Crippen LogP contribution in [0.25, 0.3) is 0 Å². The van der Waals surface area contributed by atoms with Crippen LogP contribution < -0.4 is 15.2 Å². The maximum atomic E-state index is 12.5. The summed E-state index contributed by atoms with van der Waals surface area (Å²) >= 11 is 0. The van der Waals surface area contributed by atoms with Crippen molar-refractivity contribution in [3.8, 4) is 11.5 Å². The number of benzene rings is 1. The van der Waals surface area contributed by atoms with Crippen molar-refractivity contribution in [2.75, 3.05) is 47.6 Å². The van der Waals surface area contributed by atoms with Crippen LogP contribution in [0.2, 0.25) is 0 Å². The van der Waals surface area contributed by atoms with Crippen LogP contribution in [0.15, 0.2) is 18.2 Å². The van der Waals surface area contributed by atoms with Gasteiger partial charge in [0.2, 0.25) is 0 Å². The fourth-order valence-corrected chi connectivity index (χ4v) is 1.79. The highest BCUT2D eigenvalue weighted by atomic mass is 16.5. The molecule has 2 N–H and O–H groups in total. The number of carbonyl (C=O) groups excluding carboxylic acids is 1. The van der Waals surface area contributed by atoms with Crippen molar-refractivity contribution in [3.05, 3.63) is 23.8 Å². The third kappa shape index (κ3) is 4.40. The van der Waals surface area contributed by atoms with E-state index in [9.17, 15) is 4.79 Å². The highest BCUT2D eigenvalue weighted by Crippen LogP contribution is 2.23. The van der Waals surface area contributed by atoms with Crippen LogP contribution in [0.1, 0.15) is 10.4 Å². The molecule has 6 nitrogen and oxygen atoms in total. The second kappa shape index (κ2) is 8.39. The molecule has 1 aromatic carbocycles. The zero-order valence-corrected chi connectivity index (χ0v) is 12.2. The first-order valence-electron chi connectivity index (χ1n) is 6.37. The number of amides is 1. The van der Waals surface area contributed by atoms with Gasteiger partial charge in [-0.25, -0.2) is 0 Å². The summed E-state index contributed by atoms with van der Waals surface area (Å²) in [5, 5.41) is 0. The standard InChI is InChI=1S/C14H22N2O4/c1-18-7-6-16(5-4-15)14(17)11-8-12(19-2)10-13(9-11)20-3/h8-10H,4-7,15H2,1-3H3. The molecule has 1 amide bonds. The van der Waals surface area contributed by atoms with E-state index in [0.29, 0.717) is 43.3 Å². The van der Waals surface area contributed by atoms with E-state index in [1.807, 2.05) is 0 Å². The summed E-state index contributed by atoms with van der Waals surface area (Å²) in [6.45, 7) is 1.83. The predicted octanol–water partition coefficient (Wildman–Crippen LogP) is 0.751. The van der Waals surface area contributed by atoms with E-state index in [1.54, 1.807) is 44.4 Å². The van der Waals surface area contributed by atoms with Crippen LogP contribution in [0.4, 0.5) is 0 Å². The average Bonchev–Trinajstić information content (AvgIpc) is 2.50. The van der Waals surface area contributed by atoms with E-state index < -0.39 is 0 Å². The summed E-state index contributed by atoms with van der Waals surface area (Å²) in [7, 11) is 4.69. The lowest BCUT2D eigenvalue weighted by Crippen LogP contribution is -2.37. The van der Waals surface area contributed by atoms with Gasteiger partial charge < -0.3 is 24.8 Å². The Morgan fingerprint density at radius 1 is 1.10 bits per heavy atom. The number of nitrogens with two attached hydrogens (primary N) is 1. The molecule has 0 unspecified atom stereocenters. The molecule has 0 saturated carbocycles. The number of hydrogen-bond donors (Lipinski definition) is 1. The van der Waals surface area contributed by atoms with E-state index >= 15 is 0 Å². The van der Waals surface area contributed by atoms with Crippen molar-refractivity contribution in [3.63, 3.8) is 0 Å². The molecule has 6 heteroatoms. The third-order valence-corrected chi connectivity index (χ3v) is 2.85. The normalized spacial score (nSPS) is 10.2. The minimum atomic E-state index is -0.121. The van der Waals surface area contributed by atoms with Crippen molar-refractivity contribution in [2.24, 2.45) is 5.73 Å². The van der Waals surface area contributed by atoms with Crippen LogP contribution in [-0.2, 0) is 4.74 Å². The first-order chi connectivity index (χ1) is 9.65. The van der Waals surface area contributed by atoms with Gasteiger partial charge in [-0.15, -0.1) is 0 Å². The minimum absolute atomic E-state index is 0.121. The van der Waals surface area contributed by atoms with E-state index in [2.05, 4.69) is 0 Å². The number of methoxy groups -OCH3 is 3. The summed E-state index contributed by atoms with van der Waals surface area (Å²) < 4.78 is 15.3. The fraction of sp³-hybridized carbons (Fsp3) is 0.500. The number of carbonyl (C=O) groups is 1. The summed E-state index contributed by atoms with van der Waals surface area (Å²) in [6, 6.07) is 5.08. The van der Waals surface area contributed by atoms with Crippen molar-refractivity contribution in [1.82, 2.24) is 4.90 Å². The van der Waals surface area contributed by atoms with Gasteiger partial charge in [0.1, 0.15) is 11.5 Å². The molecule has 0 aromatic heterocycles. The lowest BCUT2D eigenvalue weighted by atomic mass is 10.1. The molecule has 0 aliphatic heterocycles. The molecule has 0 aliphatic rings. The highest BCUT2D eigenvalue weighted by Gasteiger charge is 2.16. The number of nitrogens with zero attached hydrogens (tertiary/aromatic N) is 1. The Morgan fingerprint density at radius 3 is 2.15 bits per heavy atom. The molecular formula is C14H22N2O4. The quantitative estimate of drug-likeness (QED) is 0.761. The molecule has 0 bridgehead atoms. The lowest BCUT2D eigenvalue weighted by Gasteiger charge is -2.22. The molecule has 20 heavy (non-hydrogen) atoms. The third-order valence-electron chi connectivity index (χ3n) is 2.85. The zero-order chi connectivity index (χ0) is 15.0. The number of ether oxygens (including phenoxy) is 3.